The number of nitrogens with zero attached hydrogens (tertiary/aromatic N) is 3. The molecule has 2 aromatic heterocycles. The highest BCUT2D eigenvalue weighted by molar-refractivity contribution is 7.22. The Balaban J connectivity index is 1.21. The second-order valence-corrected chi connectivity index (χ2v) is 10.3. The number of halogens is 1. The Morgan fingerprint density at radius 2 is 1.82 bits per heavy atom. The zero-order chi connectivity index (χ0) is 22.8. The number of carbonyl (C=O) groups is 1. The molecule has 6 nitrogen and oxygen atoms in total. The summed E-state index contributed by atoms with van der Waals surface area (Å²) in [6.07, 6.45) is 6.91. The van der Waals surface area contributed by atoms with E-state index < -0.39 is 0 Å². The Hall–Kier alpha value is -2.58. The summed E-state index contributed by atoms with van der Waals surface area (Å²) >= 11 is 1.37. The number of aromatic nitrogens is 2. The molecule has 0 spiro atoms. The summed E-state index contributed by atoms with van der Waals surface area (Å²) in [4.78, 5) is 38.1. The maximum atomic E-state index is 13.2. The first-order chi connectivity index (χ1) is 16.0. The number of aromatic amines is 1. The van der Waals surface area contributed by atoms with Crippen molar-refractivity contribution in [1.29, 1.82) is 0 Å². The van der Waals surface area contributed by atoms with E-state index in [4.69, 9.17) is 0 Å². The summed E-state index contributed by atoms with van der Waals surface area (Å²) in [5, 5.41) is 0. The van der Waals surface area contributed by atoms with Crippen LogP contribution < -0.4 is 5.56 Å². The highest BCUT2D eigenvalue weighted by Crippen LogP contribution is 2.31. The number of nitrogens with one attached hydrogen (secondary N) is 1. The molecule has 3 aromatic rings. The van der Waals surface area contributed by atoms with E-state index in [2.05, 4.69) is 14.9 Å². The quantitative estimate of drug-likeness (QED) is 0.602. The van der Waals surface area contributed by atoms with E-state index in [-0.39, 0.29) is 11.4 Å². The van der Waals surface area contributed by atoms with Gasteiger partial charge in [0, 0.05) is 37.5 Å². The van der Waals surface area contributed by atoms with Gasteiger partial charge in [0.05, 0.1) is 12.1 Å². The van der Waals surface area contributed by atoms with Crippen LogP contribution >= 0.6 is 11.3 Å². The topological polar surface area (TPSA) is 69.3 Å². The van der Waals surface area contributed by atoms with Crippen LogP contribution in [0.3, 0.4) is 0 Å². The third-order valence-corrected chi connectivity index (χ3v) is 8.02. The van der Waals surface area contributed by atoms with Crippen molar-refractivity contribution in [2.75, 3.05) is 26.2 Å². The smallest absolute Gasteiger partial charge is 0.268 e. The summed E-state index contributed by atoms with van der Waals surface area (Å²) in [7, 11) is 0. The lowest BCUT2D eigenvalue weighted by atomic mass is 9.86. The van der Waals surface area contributed by atoms with Gasteiger partial charge >= 0.3 is 0 Å². The van der Waals surface area contributed by atoms with Crippen LogP contribution in [0, 0.1) is 11.7 Å². The average Bonchev–Trinajstić information content (AvgIpc) is 3.25. The Morgan fingerprint density at radius 1 is 1.09 bits per heavy atom. The molecule has 1 aromatic carbocycles. The molecule has 0 bridgehead atoms. The van der Waals surface area contributed by atoms with Gasteiger partial charge in [0.2, 0.25) is 5.91 Å². The predicted octanol–water partition coefficient (Wildman–Crippen LogP) is 4.41. The SMILES string of the molecule is O=C(CC1CCCCC1)N1CCN(Cc2nc3cc(-c4ccc(F)cc4)sc3c(=O)[nH]2)CC1. The Bertz CT molecular complexity index is 1180. The fourth-order valence-electron chi connectivity index (χ4n) is 4.95. The number of carbonyl (C=O) groups excluding carboxylic acids is 1. The van der Waals surface area contributed by atoms with Crippen LogP contribution in [0.4, 0.5) is 4.39 Å². The van der Waals surface area contributed by atoms with Crippen molar-refractivity contribution >= 4 is 27.5 Å². The molecule has 0 unspecified atom stereocenters. The Kier molecular flexibility index (Phi) is 6.55. The maximum Gasteiger partial charge on any atom is 0.268 e. The van der Waals surface area contributed by atoms with Crippen molar-refractivity contribution in [3.05, 3.63) is 52.3 Å². The minimum atomic E-state index is -0.283. The first-order valence-electron chi connectivity index (χ1n) is 11.8. The predicted molar refractivity (Wildman–Crippen MR) is 129 cm³/mol. The number of amides is 1. The maximum absolute atomic E-state index is 13.2. The fourth-order valence-corrected chi connectivity index (χ4v) is 5.95. The molecule has 1 aliphatic heterocycles. The van der Waals surface area contributed by atoms with Gasteiger partial charge in [0.15, 0.2) is 0 Å². The van der Waals surface area contributed by atoms with Crippen LogP contribution in [0.25, 0.3) is 20.7 Å². The first kappa shape index (κ1) is 22.2. The second kappa shape index (κ2) is 9.73. The average molecular weight is 469 g/mol. The van der Waals surface area contributed by atoms with E-state index in [1.165, 1.54) is 55.6 Å². The lowest BCUT2D eigenvalue weighted by Gasteiger charge is -2.35. The molecule has 33 heavy (non-hydrogen) atoms. The Morgan fingerprint density at radius 3 is 2.55 bits per heavy atom. The molecule has 3 heterocycles. The molecule has 1 saturated carbocycles. The first-order valence-corrected chi connectivity index (χ1v) is 12.7. The molecule has 1 N–H and O–H groups in total. The molecular weight excluding hydrogens is 439 g/mol. The van der Waals surface area contributed by atoms with Crippen molar-refractivity contribution in [3.63, 3.8) is 0 Å². The van der Waals surface area contributed by atoms with Gasteiger partial charge in [-0.25, -0.2) is 9.37 Å². The molecule has 1 saturated heterocycles. The summed E-state index contributed by atoms with van der Waals surface area (Å²) in [5.74, 6) is 1.21. The van der Waals surface area contributed by atoms with E-state index in [1.807, 2.05) is 11.0 Å². The lowest BCUT2D eigenvalue weighted by Crippen LogP contribution is -2.48. The van der Waals surface area contributed by atoms with Gasteiger partial charge in [-0.3, -0.25) is 14.5 Å². The van der Waals surface area contributed by atoms with Crippen LogP contribution in [0.15, 0.2) is 35.1 Å². The number of rotatable bonds is 5. The molecule has 2 aliphatic rings. The minimum absolute atomic E-state index is 0.144. The number of hydrogen-bond acceptors (Lipinski definition) is 5. The van der Waals surface area contributed by atoms with E-state index in [0.717, 1.165) is 36.6 Å². The number of fused-ring (bicyclic) bond motifs is 1. The van der Waals surface area contributed by atoms with Crippen molar-refractivity contribution in [1.82, 2.24) is 19.8 Å². The highest BCUT2D eigenvalue weighted by Gasteiger charge is 2.25. The molecule has 0 atom stereocenters. The Labute approximate surface area is 196 Å². The zero-order valence-electron chi connectivity index (χ0n) is 18.7. The summed E-state index contributed by atoms with van der Waals surface area (Å²) in [6, 6.07) is 8.16. The lowest BCUT2D eigenvalue weighted by molar-refractivity contribution is -0.134. The highest BCUT2D eigenvalue weighted by atomic mass is 32.1. The molecular formula is C25H29FN4O2S. The third-order valence-electron chi connectivity index (χ3n) is 6.85. The number of benzene rings is 1. The van der Waals surface area contributed by atoms with E-state index in [0.29, 0.717) is 40.8 Å². The van der Waals surface area contributed by atoms with Crippen LogP contribution in [0.5, 0.6) is 0 Å². The van der Waals surface area contributed by atoms with Gasteiger partial charge in [-0.1, -0.05) is 31.4 Å². The van der Waals surface area contributed by atoms with Crippen molar-refractivity contribution in [2.24, 2.45) is 5.92 Å². The normalized spacial score (nSPS) is 18.2. The number of piperazine rings is 1. The minimum Gasteiger partial charge on any atom is -0.340 e. The number of H-pyrrole nitrogens is 1. The zero-order valence-corrected chi connectivity index (χ0v) is 19.5. The second-order valence-electron chi connectivity index (χ2n) is 9.21. The number of thiophene rings is 1. The van der Waals surface area contributed by atoms with Crippen LogP contribution in [-0.4, -0.2) is 51.9 Å². The molecule has 8 heteroatoms. The third kappa shape index (κ3) is 5.17. The van der Waals surface area contributed by atoms with E-state index in [9.17, 15) is 14.0 Å². The van der Waals surface area contributed by atoms with Gasteiger partial charge in [-0.15, -0.1) is 11.3 Å². The van der Waals surface area contributed by atoms with Crippen LogP contribution in [0.1, 0.15) is 44.3 Å². The van der Waals surface area contributed by atoms with Gasteiger partial charge in [-0.2, -0.15) is 0 Å². The monoisotopic (exact) mass is 468 g/mol. The summed E-state index contributed by atoms with van der Waals surface area (Å²) < 4.78 is 13.8. The van der Waals surface area contributed by atoms with E-state index in [1.54, 1.807) is 12.1 Å². The van der Waals surface area contributed by atoms with Crippen molar-refractivity contribution < 1.29 is 9.18 Å². The molecule has 1 aliphatic carbocycles. The fraction of sp³-hybridized carbons (Fsp3) is 0.480. The van der Waals surface area contributed by atoms with Crippen molar-refractivity contribution in [3.8, 4) is 10.4 Å². The molecule has 1 amide bonds. The molecule has 2 fully saturated rings. The van der Waals surface area contributed by atoms with Gasteiger partial charge in [0.25, 0.3) is 5.56 Å². The molecule has 0 radical (unpaired) electrons. The summed E-state index contributed by atoms with van der Waals surface area (Å²) in [5.41, 5.74) is 1.39. The van der Waals surface area contributed by atoms with E-state index >= 15 is 0 Å². The largest absolute Gasteiger partial charge is 0.340 e. The van der Waals surface area contributed by atoms with Crippen molar-refractivity contribution in [2.45, 2.75) is 45.1 Å². The van der Waals surface area contributed by atoms with Gasteiger partial charge < -0.3 is 9.88 Å². The standard InChI is InChI=1S/C25H29FN4O2S/c26-19-8-6-18(7-9-19)21-15-20-24(33-21)25(32)28-22(27-20)16-29-10-12-30(13-11-29)23(31)14-17-4-2-1-3-5-17/h6-9,15,17H,1-5,10-14,16H2,(H,27,28,32). The van der Waals surface area contributed by atoms with Gasteiger partial charge in [-0.05, 0) is 42.5 Å². The number of hydrogen-bond donors (Lipinski definition) is 1. The molecule has 174 valence electrons. The summed E-state index contributed by atoms with van der Waals surface area (Å²) in [6.45, 7) is 3.57. The van der Waals surface area contributed by atoms with Crippen LogP contribution in [0.2, 0.25) is 0 Å². The molecule has 5 rings (SSSR count). The van der Waals surface area contributed by atoms with Gasteiger partial charge in [0.1, 0.15) is 16.3 Å². The van der Waals surface area contributed by atoms with Crippen LogP contribution in [-0.2, 0) is 11.3 Å².